The van der Waals surface area contributed by atoms with Crippen LogP contribution in [-0.4, -0.2) is 58.9 Å². The molecular weight excluding hydrogens is 532 g/mol. The number of carbonyl (C=O) groups is 2. The van der Waals surface area contributed by atoms with Crippen LogP contribution in [0.4, 0.5) is 5.69 Å². The molecule has 8 nitrogen and oxygen atoms in total. The molecule has 0 radical (unpaired) electrons. The highest BCUT2D eigenvalue weighted by atomic mass is 16.5. The van der Waals surface area contributed by atoms with Gasteiger partial charge in [0.15, 0.2) is 0 Å². The minimum absolute atomic E-state index is 0.0166. The van der Waals surface area contributed by atoms with Gasteiger partial charge in [-0.05, 0) is 87.4 Å². The van der Waals surface area contributed by atoms with Crippen molar-refractivity contribution in [3.8, 4) is 5.75 Å². The molecule has 1 unspecified atom stereocenters. The first kappa shape index (κ1) is 31.1. The van der Waals surface area contributed by atoms with E-state index >= 15 is 0 Å². The van der Waals surface area contributed by atoms with Crippen molar-refractivity contribution in [2.75, 3.05) is 32.0 Å². The van der Waals surface area contributed by atoms with E-state index in [1.54, 1.807) is 0 Å². The van der Waals surface area contributed by atoms with Gasteiger partial charge in [0.25, 0.3) is 0 Å². The van der Waals surface area contributed by atoms with Crippen LogP contribution in [-0.2, 0) is 20.7 Å². The molecule has 1 saturated heterocycles. The lowest BCUT2D eigenvalue weighted by Crippen LogP contribution is -2.47. The number of ether oxygens (including phenoxy) is 2. The first-order valence-electron chi connectivity index (χ1n) is 14.5. The van der Waals surface area contributed by atoms with Crippen LogP contribution in [0.2, 0.25) is 0 Å². The third-order valence-corrected chi connectivity index (χ3v) is 8.49. The Bertz CT molecular complexity index is 1300. The summed E-state index contributed by atoms with van der Waals surface area (Å²) in [6, 6.07) is 21.2. The van der Waals surface area contributed by atoms with Crippen LogP contribution in [0.25, 0.3) is 0 Å². The number of benzene rings is 3. The van der Waals surface area contributed by atoms with Gasteiger partial charge in [0.05, 0.1) is 6.61 Å². The third-order valence-electron chi connectivity index (χ3n) is 8.49. The summed E-state index contributed by atoms with van der Waals surface area (Å²) >= 11 is 0. The predicted octanol–water partition coefficient (Wildman–Crippen LogP) is 5.56. The summed E-state index contributed by atoms with van der Waals surface area (Å²) in [5, 5.41) is 14.8. The Morgan fingerprint density at radius 1 is 0.929 bits per heavy atom. The number of hydrogen-bond donors (Lipinski definition) is 3. The minimum atomic E-state index is -1.82. The topological polar surface area (TPSA) is 122 Å². The lowest BCUT2D eigenvalue weighted by atomic mass is 9.90. The van der Waals surface area contributed by atoms with E-state index in [1.807, 2.05) is 0 Å². The fourth-order valence-corrected chi connectivity index (χ4v) is 5.97. The molecule has 5 rings (SSSR count). The number of piperidine rings is 1. The van der Waals surface area contributed by atoms with Gasteiger partial charge in [-0.2, -0.15) is 0 Å². The Hall–Kier alpha value is -3.88. The van der Waals surface area contributed by atoms with Crippen LogP contribution in [0.3, 0.4) is 0 Å². The number of likely N-dealkylation sites (tertiary alicyclic amines) is 1. The number of hydrogen-bond acceptors (Lipinski definition) is 6. The number of fused-ring (bicyclic) bond motifs is 1. The summed E-state index contributed by atoms with van der Waals surface area (Å²) in [6.45, 7) is 12.6. The van der Waals surface area contributed by atoms with Crippen molar-refractivity contribution in [1.29, 1.82) is 0 Å². The first-order chi connectivity index (χ1) is 20.0. The molecule has 0 spiro atoms. The van der Waals surface area contributed by atoms with E-state index in [4.69, 9.17) is 35.0 Å². The van der Waals surface area contributed by atoms with E-state index in [2.05, 4.69) is 93.3 Å². The number of nitrogens with zero attached hydrogens (tertiary/aromatic N) is 1. The molecule has 2 heterocycles. The standard InChI is InChI=1S/C32H40N2O2.C2H2O4/c1-22-23(2)30-28(24(3)29(22)33)19-32(4,36-30)21-34-17-15-25(16-18-34)20-35-31(26-11-7-5-8-12-26)27-13-9-6-10-14-27;3-1(4)2(5)6/h5-14,25,31H,15-21,33H2,1-4H3;(H,3,4)(H,5,6). The van der Waals surface area contributed by atoms with Crippen LogP contribution in [0, 0.1) is 26.7 Å². The smallest absolute Gasteiger partial charge is 0.414 e. The molecular formula is C34H42N2O6. The third kappa shape index (κ3) is 7.30. The van der Waals surface area contributed by atoms with Crippen molar-refractivity contribution < 1.29 is 29.3 Å². The van der Waals surface area contributed by atoms with E-state index < -0.39 is 11.9 Å². The van der Waals surface area contributed by atoms with Crippen molar-refractivity contribution in [3.63, 3.8) is 0 Å². The van der Waals surface area contributed by atoms with E-state index in [0.29, 0.717) is 5.92 Å². The van der Waals surface area contributed by atoms with Gasteiger partial charge in [0.1, 0.15) is 17.5 Å². The summed E-state index contributed by atoms with van der Waals surface area (Å²) in [6.07, 6.45) is 3.22. The molecule has 0 saturated carbocycles. The van der Waals surface area contributed by atoms with Gasteiger partial charge >= 0.3 is 11.9 Å². The highest BCUT2D eigenvalue weighted by Gasteiger charge is 2.40. The zero-order valence-electron chi connectivity index (χ0n) is 24.9. The molecule has 3 aromatic carbocycles. The summed E-state index contributed by atoms with van der Waals surface area (Å²) < 4.78 is 13.2. The Balaban J connectivity index is 0.000000612. The Morgan fingerprint density at radius 3 is 1.95 bits per heavy atom. The highest BCUT2D eigenvalue weighted by molar-refractivity contribution is 6.27. The van der Waals surface area contributed by atoms with Gasteiger partial charge in [-0.15, -0.1) is 0 Å². The number of anilines is 1. The molecule has 3 aromatic rings. The number of carboxylic acids is 2. The van der Waals surface area contributed by atoms with Crippen molar-refractivity contribution in [3.05, 3.63) is 94.0 Å². The van der Waals surface area contributed by atoms with Gasteiger partial charge in [-0.25, -0.2) is 9.59 Å². The second-order valence-electron chi connectivity index (χ2n) is 11.7. The number of aliphatic carboxylic acids is 2. The summed E-state index contributed by atoms with van der Waals surface area (Å²) in [7, 11) is 0. The van der Waals surface area contributed by atoms with Crippen molar-refractivity contribution in [1.82, 2.24) is 4.90 Å². The van der Waals surface area contributed by atoms with Gasteiger partial charge in [-0.3, -0.25) is 4.90 Å². The largest absolute Gasteiger partial charge is 0.485 e. The van der Waals surface area contributed by atoms with Crippen LogP contribution in [0.5, 0.6) is 5.75 Å². The monoisotopic (exact) mass is 574 g/mol. The number of nitrogens with two attached hydrogens (primary N) is 1. The molecule has 42 heavy (non-hydrogen) atoms. The van der Waals surface area contributed by atoms with Gasteiger partial charge in [0, 0.05) is 24.2 Å². The number of nitrogen functional groups attached to an aromatic ring is 1. The zero-order valence-corrected chi connectivity index (χ0v) is 24.9. The molecule has 2 aliphatic rings. The van der Waals surface area contributed by atoms with E-state index in [9.17, 15) is 0 Å². The number of carboxylic acid groups (broad SMARTS) is 2. The first-order valence-corrected chi connectivity index (χ1v) is 14.5. The quantitative estimate of drug-likeness (QED) is 0.248. The fraction of sp³-hybridized carbons (Fsp3) is 0.412. The Labute approximate surface area is 248 Å². The van der Waals surface area contributed by atoms with Crippen molar-refractivity contribution >= 4 is 17.6 Å². The zero-order chi connectivity index (χ0) is 30.4. The van der Waals surface area contributed by atoms with Gasteiger partial charge in [-0.1, -0.05) is 60.7 Å². The van der Waals surface area contributed by atoms with Crippen molar-refractivity contribution in [2.45, 2.75) is 58.7 Å². The Kier molecular flexibility index (Phi) is 9.91. The van der Waals surface area contributed by atoms with E-state index in [-0.39, 0.29) is 11.7 Å². The molecule has 1 fully saturated rings. The normalized spacial score (nSPS) is 18.6. The Morgan fingerprint density at radius 2 is 1.45 bits per heavy atom. The molecule has 0 amide bonds. The van der Waals surface area contributed by atoms with E-state index in [1.165, 1.54) is 27.8 Å². The fourth-order valence-electron chi connectivity index (χ4n) is 5.97. The lowest BCUT2D eigenvalue weighted by molar-refractivity contribution is -0.159. The molecule has 1 atom stereocenters. The maximum absolute atomic E-state index is 9.10. The van der Waals surface area contributed by atoms with Gasteiger partial charge < -0.3 is 25.4 Å². The lowest BCUT2D eigenvalue weighted by Gasteiger charge is -2.37. The van der Waals surface area contributed by atoms with Crippen LogP contribution in [0.15, 0.2) is 60.7 Å². The molecule has 2 aliphatic heterocycles. The predicted molar refractivity (Wildman–Crippen MR) is 163 cm³/mol. The van der Waals surface area contributed by atoms with Crippen LogP contribution in [0.1, 0.15) is 59.3 Å². The number of rotatable bonds is 7. The second-order valence-corrected chi connectivity index (χ2v) is 11.7. The second kappa shape index (κ2) is 13.4. The summed E-state index contributed by atoms with van der Waals surface area (Å²) in [4.78, 5) is 20.8. The van der Waals surface area contributed by atoms with Crippen LogP contribution < -0.4 is 10.5 Å². The summed E-state index contributed by atoms with van der Waals surface area (Å²) in [5.74, 6) is -2.00. The maximum atomic E-state index is 9.10. The average Bonchev–Trinajstić information content (AvgIpc) is 3.34. The molecule has 0 aliphatic carbocycles. The molecule has 4 N–H and O–H groups in total. The van der Waals surface area contributed by atoms with Crippen LogP contribution >= 0.6 is 0 Å². The molecule has 224 valence electrons. The average molecular weight is 575 g/mol. The highest BCUT2D eigenvalue weighted by Crippen LogP contribution is 2.44. The minimum Gasteiger partial charge on any atom is -0.485 e. The van der Waals surface area contributed by atoms with E-state index in [0.717, 1.165) is 62.5 Å². The summed E-state index contributed by atoms with van der Waals surface area (Å²) in [5.41, 5.74) is 14.4. The molecule has 0 aromatic heterocycles. The molecule has 0 bridgehead atoms. The SMILES string of the molecule is Cc1c(C)c2c(c(C)c1N)CC(C)(CN1CCC(COC(c3ccccc3)c3ccccc3)CC1)O2.O=C(O)C(=O)O. The van der Waals surface area contributed by atoms with Gasteiger partial charge in [0.2, 0.25) is 0 Å². The van der Waals surface area contributed by atoms with Crippen molar-refractivity contribution in [2.24, 2.45) is 5.92 Å². The molecule has 8 heteroatoms. The maximum Gasteiger partial charge on any atom is 0.414 e.